The van der Waals surface area contributed by atoms with Crippen molar-refractivity contribution < 1.29 is 19.8 Å². The van der Waals surface area contributed by atoms with Crippen LogP contribution in [0.2, 0.25) is 0 Å². The van der Waals surface area contributed by atoms with Gasteiger partial charge < -0.3 is 20.8 Å². The van der Waals surface area contributed by atoms with Gasteiger partial charge in [-0.15, -0.1) is 0 Å². The number of benzene rings is 2. The van der Waals surface area contributed by atoms with Crippen molar-refractivity contribution in [1.82, 2.24) is 10.6 Å². The molecule has 38 heavy (non-hydrogen) atoms. The van der Waals surface area contributed by atoms with Crippen LogP contribution in [0.1, 0.15) is 88.3 Å². The predicted molar refractivity (Wildman–Crippen MR) is 159 cm³/mol. The van der Waals surface area contributed by atoms with E-state index in [0.29, 0.717) is 5.56 Å². The number of hydrogen-bond acceptors (Lipinski definition) is 4. The van der Waals surface area contributed by atoms with Crippen LogP contribution < -0.4 is 10.6 Å². The lowest BCUT2D eigenvalue weighted by molar-refractivity contribution is -0.141. The summed E-state index contributed by atoms with van der Waals surface area (Å²) in [5.41, 5.74) is 3.49. The minimum Gasteiger partial charge on any atom is -0.480 e. The maximum atomic E-state index is 11.1. The monoisotopic (exact) mass is 524 g/mol. The number of aromatic carboxylic acids is 1. The third kappa shape index (κ3) is 11.0. The lowest BCUT2D eigenvalue weighted by Crippen LogP contribution is -2.48. The van der Waals surface area contributed by atoms with E-state index in [1.54, 1.807) is 19.2 Å². The van der Waals surface area contributed by atoms with Gasteiger partial charge in [-0.05, 0) is 56.6 Å². The van der Waals surface area contributed by atoms with Crippen LogP contribution >= 0.6 is 0 Å². The summed E-state index contributed by atoms with van der Waals surface area (Å²) in [6, 6.07) is 16.4. The summed E-state index contributed by atoms with van der Waals surface area (Å²) >= 11 is 0. The molecule has 0 spiro atoms. The second-order valence-corrected chi connectivity index (χ2v) is 8.91. The molecule has 2 aromatic carbocycles. The summed E-state index contributed by atoms with van der Waals surface area (Å²) in [6.45, 7) is 11.9. The first-order chi connectivity index (χ1) is 18.2. The van der Waals surface area contributed by atoms with Gasteiger partial charge in [0.25, 0.3) is 0 Å². The van der Waals surface area contributed by atoms with Crippen molar-refractivity contribution in [2.24, 2.45) is 0 Å². The Morgan fingerprint density at radius 1 is 0.895 bits per heavy atom. The molecular weight excluding hydrogens is 476 g/mol. The van der Waals surface area contributed by atoms with Crippen LogP contribution in [0.4, 0.5) is 0 Å². The number of rotatable bonds is 9. The molecule has 0 saturated carbocycles. The fourth-order valence-corrected chi connectivity index (χ4v) is 4.16. The van der Waals surface area contributed by atoms with Gasteiger partial charge in [-0.1, -0.05) is 108 Å². The molecule has 2 unspecified atom stereocenters. The zero-order valence-electron chi connectivity index (χ0n) is 24.4. The Labute approximate surface area is 229 Å². The number of carbonyl (C=O) groups is 2. The van der Waals surface area contributed by atoms with Crippen LogP contribution in [0.5, 0.6) is 0 Å². The number of likely N-dealkylation sites (N-methyl/N-ethyl adjacent to an activating group) is 1. The Morgan fingerprint density at radius 2 is 1.47 bits per heavy atom. The zero-order valence-corrected chi connectivity index (χ0v) is 24.4. The Hall–Kier alpha value is -3.22. The lowest BCUT2D eigenvalue weighted by atomic mass is 9.78. The number of nitrogens with one attached hydrogen (secondary N) is 2. The number of hydrogen-bond donors (Lipinski definition) is 4. The van der Waals surface area contributed by atoms with Crippen molar-refractivity contribution in [3.8, 4) is 0 Å². The van der Waals surface area contributed by atoms with Gasteiger partial charge >= 0.3 is 11.9 Å². The molecule has 210 valence electrons. The Balaban J connectivity index is 0.000000651. The molecular formula is C32H48N2O4. The van der Waals surface area contributed by atoms with Crippen LogP contribution in [0.25, 0.3) is 0 Å². The van der Waals surface area contributed by atoms with Gasteiger partial charge in [0.2, 0.25) is 0 Å². The van der Waals surface area contributed by atoms with Gasteiger partial charge in [-0.25, -0.2) is 4.79 Å². The summed E-state index contributed by atoms with van der Waals surface area (Å²) in [4.78, 5) is 21.9. The summed E-state index contributed by atoms with van der Waals surface area (Å²) in [7, 11) is 3.61. The van der Waals surface area contributed by atoms with E-state index < -0.39 is 23.4 Å². The molecule has 4 N–H and O–H groups in total. The summed E-state index contributed by atoms with van der Waals surface area (Å²) in [5.74, 6) is -1.71. The number of allylic oxidation sites excluding steroid dienone is 3. The second-order valence-electron chi connectivity index (χ2n) is 8.91. The van der Waals surface area contributed by atoms with Crippen LogP contribution in [0, 0.1) is 0 Å². The summed E-state index contributed by atoms with van der Waals surface area (Å²) < 4.78 is 0. The molecule has 3 rings (SSSR count). The van der Waals surface area contributed by atoms with E-state index in [0.717, 1.165) is 30.4 Å². The fourth-order valence-electron chi connectivity index (χ4n) is 4.16. The largest absolute Gasteiger partial charge is 0.480 e. The van der Waals surface area contributed by atoms with E-state index in [1.807, 2.05) is 91.1 Å². The van der Waals surface area contributed by atoms with Crippen molar-refractivity contribution in [1.29, 1.82) is 0 Å². The molecule has 1 aliphatic carbocycles. The highest BCUT2D eigenvalue weighted by Gasteiger charge is 2.35. The number of carboxylic acid groups (broad SMARTS) is 2. The van der Waals surface area contributed by atoms with Gasteiger partial charge in [-0.3, -0.25) is 4.79 Å². The first-order valence-electron chi connectivity index (χ1n) is 13.5. The number of carboxylic acids is 2. The van der Waals surface area contributed by atoms with Gasteiger partial charge in [0.05, 0.1) is 5.56 Å². The van der Waals surface area contributed by atoms with Crippen molar-refractivity contribution in [2.45, 2.75) is 78.3 Å². The molecule has 2 atom stereocenters. The van der Waals surface area contributed by atoms with Crippen molar-refractivity contribution in [3.63, 3.8) is 0 Å². The maximum Gasteiger partial charge on any atom is 0.335 e. The molecule has 0 bridgehead atoms. The molecule has 2 aromatic rings. The average molecular weight is 525 g/mol. The first kappa shape index (κ1) is 34.8. The summed E-state index contributed by atoms with van der Waals surface area (Å²) in [5, 5.41) is 24.2. The Bertz CT molecular complexity index is 996. The highest BCUT2D eigenvalue weighted by atomic mass is 16.4. The highest BCUT2D eigenvalue weighted by molar-refractivity contribution is 5.87. The van der Waals surface area contributed by atoms with Crippen LogP contribution in [0.15, 0.2) is 78.4 Å². The number of aliphatic carboxylic acids is 1. The standard InChI is InChI=1S/C16H19NO2.C12H17NO2.2C2H6/c1-17-15(11-12-5-3-2-4-6-12)13-7-9-14(10-8-13)16(18)19;1-12(2,10(13-3)11(14)15)9-7-5-4-6-8-9;2*1-2/h2-3,5,7-10,15,17H,4,6,11H2,1H3,(H,18,19);4-8,10,13H,1-3H3,(H,14,15);2*1-2H3. The topological polar surface area (TPSA) is 98.7 Å². The second kappa shape index (κ2) is 18.9. The van der Waals surface area contributed by atoms with Crippen molar-refractivity contribution in [2.75, 3.05) is 14.1 Å². The maximum absolute atomic E-state index is 11.1. The smallest absolute Gasteiger partial charge is 0.335 e. The van der Waals surface area contributed by atoms with Crippen LogP contribution in [-0.2, 0) is 10.2 Å². The van der Waals surface area contributed by atoms with E-state index in [9.17, 15) is 9.59 Å². The minimum atomic E-state index is -0.882. The molecule has 6 nitrogen and oxygen atoms in total. The fraction of sp³-hybridized carbons (Fsp3) is 0.438. The van der Waals surface area contributed by atoms with Gasteiger partial charge in [0.15, 0.2) is 0 Å². The molecule has 6 heteroatoms. The normalized spacial score (nSPS) is 13.6. The van der Waals surface area contributed by atoms with Crippen molar-refractivity contribution in [3.05, 3.63) is 95.1 Å². The van der Waals surface area contributed by atoms with E-state index in [-0.39, 0.29) is 6.04 Å². The van der Waals surface area contributed by atoms with E-state index >= 15 is 0 Å². The molecule has 0 fully saturated rings. The predicted octanol–water partition coefficient (Wildman–Crippen LogP) is 7.00. The highest BCUT2D eigenvalue weighted by Crippen LogP contribution is 2.27. The summed E-state index contributed by atoms with van der Waals surface area (Å²) in [6.07, 6.45) is 9.66. The van der Waals surface area contributed by atoms with E-state index in [2.05, 4.69) is 28.9 Å². The quantitative estimate of drug-likeness (QED) is 0.282. The van der Waals surface area contributed by atoms with E-state index in [4.69, 9.17) is 10.2 Å². The third-order valence-electron chi connectivity index (χ3n) is 6.25. The Morgan fingerprint density at radius 3 is 1.89 bits per heavy atom. The van der Waals surface area contributed by atoms with Gasteiger partial charge in [-0.2, -0.15) is 0 Å². The molecule has 0 saturated heterocycles. The average Bonchev–Trinajstić information content (AvgIpc) is 2.95. The SMILES string of the molecule is CC.CC.CNC(C(=O)O)C(C)(C)c1ccccc1.CNC(CC1=CC=CCC1)c1ccc(C(=O)O)cc1. The molecule has 1 aliphatic rings. The lowest BCUT2D eigenvalue weighted by Gasteiger charge is -2.31. The van der Waals surface area contributed by atoms with Crippen molar-refractivity contribution >= 4 is 11.9 Å². The van der Waals surface area contributed by atoms with Crippen LogP contribution in [0.3, 0.4) is 0 Å². The third-order valence-corrected chi connectivity index (χ3v) is 6.25. The molecule has 0 heterocycles. The molecule has 0 amide bonds. The Kier molecular flexibility index (Phi) is 17.3. The van der Waals surface area contributed by atoms with Gasteiger partial charge in [0.1, 0.15) is 6.04 Å². The first-order valence-corrected chi connectivity index (χ1v) is 13.5. The van der Waals surface area contributed by atoms with E-state index in [1.165, 1.54) is 5.57 Å². The zero-order chi connectivity index (χ0) is 29.1. The molecule has 0 aromatic heterocycles. The molecule has 0 radical (unpaired) electrons. The minimum absolute atomic E-state index is 0.237. The molecule has 0 aliphatic heterocycles. The van der Waals surface area contributed by atoms with Gasteiger partial charge in [0, 0.05) is 11.5 Å². The van der Waals surface area contributed by atoms with Crippen LogP contribution in [-0.4, -0.2) is 42.3 Å².